The first-order valence-electron chi connectivity index (χ1n) is 10.2. The molecule has 160 valence electrons. The first-order chi connectivity index (χ1) is 13.1. The lowest BCUT2D eigenvalue weighted by molar-refractivity contribution is 0.244. The average Bonchev–Trinajstić information content (AvgIpc) is 2.64. The fraction of sp³-hybridized carbons (Fsp3) is 0.682. The van der Waals surface area contributed by atoms with Gasteiger partial charge in [0.05, 0.1) is 17.3 Å². The van der Waals surface area contributed by atoms with Gasteiger partial charge in [-0.2, -0.15) is 8.42 Å². The van der Waals surface area contributed by atoms with Crippen LogP contribution in [0, 0.1) is 16.7 Å². The van der Waals surface area contributed by atoms with Crippen LogP contribution in [0.2, 0.25) is 0 Å². The molecule has 0 amide bonds. The minimum Gasteiger partial charge on any atom is -0.448 e. The van der Waals surface area contributed by atoms with E-state index in [0.717, 1.165) is 25.7 Å². The molecule has 0 radical (unpaired) electrons. The van der Waals surface area contributed by atoms with Gasteiger partial charge >= 0.3 is 0 Å². The highest BCUT2D eigenvalue weighted by molar-refractivity contribution is 7.90. The van der Waals surface area contributed by atoms with Crippen molar-refractivity contribution in [1.82, 2.24) is 0 Å². The summed E-state index contributed by atoms with van der Waals surface area (Å²) >= 11 is 0. The molecule has 0 spiro atoms. The standard InChI is InChI=1S/C22H37NO4S/c1-6-11-18(2)13-14-20(4)28(24,25)26-17-10-12-19(3)27-21(23)22(5)15-8-7-9-16-22/h6,11-12,14,18,23H,7-10,13,15-17H2,1-5H3/b11-6-,19-12+,20-14+,23-21?. The van der Waals surface area contributed by atoms with Crippen molar-refractivity contribution in [3.05, 3.63) is 35.0 Å². The summed E-state index contributed by atoms with van der Waals surface area (Å²) < 4.78 is 35.1. The third-order valence-electron chi connectivity index (χ3n) is 5.25. The quantitative estimate of drug-likeness (QED) is 0.118. The molecule has 28 heavy (non-hydrogen) atoms. The summed E-state index contributed by atoms with van der Waals surface area (Å²) in [5, 5.41) is 8.25. The van der Waals surface area contributed by atoms with Crippen molar-refractivity contribution in [3.8, 4) is 0 Å². The van der Waals surface area contributed by atoms with Crippen molar-refractivity contribution in [2.45, 2.75) is 79.6 Å². The van der Waals surface area contributed by atoms with Gasteiger partial charge in [0.1, 0.15) is 0 Å². The van der Waals surface area contributed by atoms with Gasteiger partial charge in [0, 0.05) is 5.41 Å². The van der Waals surface area contributed by atoms with Gasteiger partial charge in [0.25, 0.3) is 10.1 Å². The maximum Gasteiger partial charge on any atom is 0.292 e. The van der Waals surface area contributed by atoms with Crippen LogP contribution in [-0.2, 0) is 19.0 Å². The Kier molecular flexibility index (Phi) is 10.2. The molecule has 0 aromatic heterocycles. The molecule has 1 N–H and O–H groups in total. The van der Waals surface area contributed by atoms with Crippen LogP contribution in [0.25, 0.3) is 0 Å². The van der Waals surface area contributed by atoms with E-state index in [1.165, 1.54) is 6.42 Å². The van der Waals surface area contributed by atoms with E-state index in [2.05, 4.69) is 6.92 Å². The van der Waals surface area contributed by atoms with Crippen molar-refractivity contribution in [2.75, 3.05) is 6.61 Å². The molecule has 0 aromatic carbocycles. The Morgan fingerprint density at radius 1 is 1.18 bits per heavy atom. The minimum absolute atomic E-state index is 0.0588. The van der Waals surface area contributed by atoms with Gasteiger partial charge in [-0.3, -0.25) is 9.59 Å². The van der Waals surface area contributed by atoms with Crippen LogP contribution in [0.5, 0.6) is 0 Å². The summed E-state index contributed by atoms with van der Waals surface area (Å²) in [6.07, 6.45) is 14.0. The monoisotopic (exact) mass is 411 g/mol. The van der Waals surface area contributed by atoms with E-state index in [9.17, 15) is 8.42 Å². The van der Waals surface area contributed by atoms with Gasteiger partial charge in [-0.25, -0.2) is 0 Å². The molecule has 0 aliphatic heterocycles. The summed E-state index contributed by atoms with van der Waals surface area (Å²) in [6.45, 7) is 9.49. The first kappa shape index (κ1) is 24.6. The van der Waals surface area contributed by atoms with E-state index in [1.54, 1.807) is 26.0 Å². The van der Waals surface area contributed by atoms with Crippen LogP contribution < -0.4 is 0 Å². The third kappa shape index (κ3) is 8.31. The Morgan fingerprint density at radius 2 is 1.82 bits per heavy atom. The number of ether oxygens (including phenoxy) is 1. The molecule has 1 aliphatic rings. The van der Waals surface area contributed by atoms with Crippen molar-refractivity contribution in [3.63, 3.8) is 0 Å². The molecule has 1 saturated carbocycles. The van der Waals surface area contributed by atoms with Crippen LogP contribution in [0.1, 0.15) is 79.6 Å². The average molecular weight is 412 g/mol. The highest BCUT2D eigenvalue weighted by atomic mass is 32.2. The second-order valence-corrected chi connectivity index (χ2v) is 9.77. The zero-order chi connectivity index (χ0) is 21.2. The summed E-state index contributed by atoms with van der Waals surface area (Å²) in [5.41, 5.74) is -0.181. The molecular formula is C22H37NO4S. The molecule has 0 heterocycles. The lowest BCUT2D eigenvalue weighted by Gasteiger charge is -2.33. The second kappa shape index (κ2) is 11.6. The Labute approximate surface area is 171 Å². The normalized spacial score (nSPS) is 19.6. The van der Waals surface area contributed by atoms with E-state index in [4.69, 9.17) is 14.3 Å². The smallest absolute Gasteiger partial charge is 0.292 e. The lowest BCUT2D eigenvalue weighted by atomic mass is 9.75. The summed E-state index contributed by atoms with van der Waals surface area (Å²) in [6, 6.07) is 0. The molecule has 5 nitrogen and oxygen atoms in total. The fourth-order valence-electron chi connectivity index (χ4n) is 3.26. The van der Waals surface area contributed by atoms with Gasteiger partial charge in [0.15, 0.2) is 5.90 Å². The lowest BCUT2D eigenvalue weighted by Crippen LogP contribution is -2.31. The van der Waals surface area contributed by atoms with Crippen LogP contribution in [0.4, 0.5) is 0 Å². The van der Waals surface area contributed by atoms with Crippen LogP contribution in [0.15, 0.2) is 35.0 Å². The number of rotatable bonds is 10. The summed E-state index contributed by atoms with van der Waals surface area (Å²) in [4.78, 5) is 0.243. The maximum atomic E-state index is 12.2. The van der Waals surface area contributed by atoms with E-state index >= 15 is 0 Å². The Hall–Kier alpha value is -1.40. The van der Waals surface area contributed by atoms with E-state index in [0.29, 0.717) is 30.4 Å². The van der Waals surface area contributed by atoms with Gasteiger partial charge < -0.3 is 4.74 Å². The SMILES string of the molecule is C/C=C\C(C)C/C=C(\C)S(=O)(=O)OCC/C=C(\C)OC(=N)C1(C)CCCCC1. The predicted molar refractivity (Wildman–Crippen MR) is 116 cm³/mol. The number of allylic oxidation sites excluding steroid dienone is 5. The van der Waals surface area contributed by atoms with Crippen LogP contribution in [0.3, 0.4) is 0 Å². The van der Waals surface area contributed by atoms with Crippen molar-refractivity contribution < 1.29 is 17.3 Å². The Morgan fingerprint density at radius 3 is 2.43 bits per heavy atom. The predicted octanol–water partition coefficient (Wildman–Crippen LogP) is 6.10. The summed E-state index contributed by atoms with van der Waals surface area (Å²) in [7, 11) is -3.69. The molecule has 1 aliphatic carbocycles. The highest BCUT2D eigenvalue weighted by Gasteiger charge is 2.33. The maximum absolute atomic E-state index is 12.2. The molecule has 0 aromatic rings. The van der Waals surface area contributed by atoms with E-state index < -0.39 is 10.1 Å². The molecule has 1 atom stereocenters. The van der Waals surface area contributed by atoms with Gasteiger partial charge in [-0.15, -0.1) is 0 Å². The fourth-order valence-corrected chi connectivity index (χ4v) is 4.06. The van der Waals surface area contributed by atoms with Crippen LogP contribution in [-0.4, -0.2) is 20.9 Å². The minimum atomic E-state index is -3.69. The zero-order valence-corrected chi connectivity index (χ0v) is 18.9. The number of nitrogens with one attached hydrogen (secondary N) is 1. The van der Waals surface area contributed by atoms with E-state index in [-0.39, 0.29) is 16.9 Å². The van der Waals surface area contributed by atoms with Gasteiger partial charge in [0.2, 0.25) is 0 Å². The number of hydrogen-bond donors (Lipinski definition) is 1. The molecule has 1 unspecified atom stereocenters. The van der Waals surface area contributed by atoms with Crippen molar-refractivity contribution in [2.24, 2.45) is 11.3 Å². The largest absolute Gasteiger partial charge is 0.448 e. The Balaban J connectivity index is 2.46. The van der Waals surface area contributed by atoms with Crippen LogP contribution >= 0.6 is 0 Å². The highest BCUT2D eigenvalue weighted by Crippen LogP contribution is 2.37. The zero-order valence-electron chi connectivity index (χ0n) is 18.1. The topological polar surface area (TPSA) is 76.5 Å². The number of hydrogen-bond acceptors (Lipinski definition) is 5. The molecule has 0 saturated heterocycles. The van der Waals surface area contributed by atoms with Crippen molar-refractivity contribution in [1.29, 1.82) is 5.41 Å². The van der Waals surface area contributed by atoms with Gasteiger partial charge in [-0.1, -0.05) is 51.3 Å². The first-order valence-corrected chi connectivity index (χ1v) is 11.6. The van der Waals surface area contributed by atoms with E-state index in [1.807, 2.05) is 26.0 Å². The van der Waals surface area contributed by atoms with Crippen molar-refractivity contribution >= 4 is 16.0 Å². The van der Waals surface area contributed by atoms with Gasteiger partial charge in [-0.05, 0) is 58.4 Å². The second-order valence-electron chi connectivity index (χ2n) is 7.99. The molecule has 6 heteroatoms. The molecule has 1 rings (SSSR count). The Bertz CT molecular complexity index is 698. The third-order valence-corrected chi connectivity index (χ3v) is 6.68. The molecular weight excluding hydrogens is 374 g/mol. The molecule has 1 fully saturated rings. The summed E-state index contributed by atoms with van der Waals surface area (Å²) in [5.74, 6) is 1.22. The molecule has 0 bridgehead atoms.